The number of halogens is 1. The Balaban J connectivity index is 1.78. The summed E-state index contributed by atoms with van der Waals surface area (Å²) in [5, 5.41) is 3.17. The van der Waals surface area contributed by atoms with Crippen molar-refractivity contribution < 1.29 is 14.0 Å². The van der Waals surface area contributed by atoms with E-state index in [0.29, 0.717) is 6.42 Å². The van der Waals surface area contributed by atoms with Gasteiger partial charge in [0.1, 0.15) is 11.9 Å². The number of nitrogens with one attached hydrogen (secondary N) is 1. The summed E-state index contributed by atoms with van der Waals surface area (Å²) in [5.41, 5.74) is 1.72. The van der Waals surface area contributed by atoms with Crippen LogP contribution in [-0.2, 0) is 22.6 Å². The third-order valence-electron chi connectivity index (χ3n) is 5.80. The highest BCUT2D eigenvalue weighted by atomic mass is 19.1. The van der Waals surface area contributed by atoms with E-state index in [1.54, 1.807) is 17.0 Å². The van der Waals surface area contributed by atoms with Crippen LogP contribution in [0.2, 0.25) is 0 Å². The monoisotopic (exact) mass is 410 g/mol. The maximum Gasteiger partial charge on any atom is 0.243 e. The fourth-order valence-electron chi connectivity index (χ4n) is 4.12. The highest BCUT2D eigenvalue weighted by Crippen LogP contribution is 2.19. The van der Waals surface area contributed by atoms with Crippen molar-refractivity contribution in [3.8, 4) is 0 Å². The van der Waals surface area contributed by atoms with Crippen molar-refractivity contribution >= 4 is 11.8 Å². The second-order valence-corrected chi connectivity index (χ2v) is 8.08. The Hall–Kier alpha value is -2.69. The third kappa shape index (κ3) is 6.15. The summed E-state index contributed by atoms with van der Waals surface area (Å²) in [6, 6.07) is 15.3. The zero-order chi connectivity index (χ0) is 21.3. The van der Waals surface area contributed by atoms with Crippen LogP contribution in [-0.4, -0.2) is 28.8 Å². The molecular formula is C25H31FN2O2. The Morgan fingerprint density at radius 2 is 1.67 bits per heavy atom. The van der Waals surface area contributed by atoms with Crippen LogP contribution in [0, 0.1) is 5.82 Å². The Bertz CT molecular complexity index is 817. The highest BCUT2D eigenvalue weighted by Gasteiger charge is 2.30. The minimum atomic E-state index is -0.548. The molecule has 0 spiro atoms. The number of carbonyl (C=O) groups is 2. The van der Waals surface area contributed by atoms with Crippen LogP contribution >= 0.6 is 0 Å². The minimum Gasteiger partial charge on any atom is -0.352 e. The maximum atomic E-state index is 13.3. The number of nitrogens with zero attached hydrogens (tertiary/aromatic N) is 1. The lowest BCUT2D eigenvalue weighted by Crippen LogP contribution is -2.51. The van der Waals surface area contributed by atoms with Crippen molar-refractivity contribution in [3.63, 3.8) is 0 Å². The number of hydrogen-bond acceptors (Lipinski definition) is 2. The van der Waals surface area contributed by atoms with Gasteiger partial charge in [-0.25, -0.2) is 4.39 Å². The number of amides is 2. The summed E-state index contributed by atoms with van der Waals surface area (Å²) in [6.07, 6.45) is 6.24. The van der Waals surface area contributed by atoms with E-state index in [1.807, 2.05) is 37.3 Å². The molecule has 2 aromatic rings. The molecule has 5 heteroatoms. The molecule has 0 aliphatic heterocycles. The van der Waals surface area contributed by atoms with E-state index in [2.05, 4.69) is 5.32 Å². The van der Waals surface area contributed by atoms with Gasteiger partial charge in [-0.05, 0) is 42.5 Å². The predicted molar refractivity (Wildman–Crippen MR) is 116 cm³/mol. The average molecular weight is 411 g/mol. The van der Waals surface area contributed by atoms with Gasteiger partial charge in [0.2, 0.25) is 11.8 Å². The molecule has 1 aliphatic carbocycles. The summed E-state index contributed by atoms with van der Waals surface area (Å²) in [6.45, 7) is 2.21. The van der Waals surface area contributed by atoms with E-state index >= 15 is 0 Å². The van der Waals surface area contributed by atoms with E-state index in [1.165, 1.54) is 18.6 Å². The first-order valence-corrected chi connectivity index (χ1v) is 10.9. The molecule has 0 radical (unpaired) electrons. The highest BCUT2D eigenvalue weighted by molar-refractivity contribution is 5.88. The summed E-state index contributed by atoms with van der Waals surface area (Å²) < 4.78 is 13.3. The van der Waals surface area contributed by atoms with Crippen LogP contribution < -0.4 is 5.32 Å². The standard InChI is InChI=1S/C25H31FN2O2/c1-2-23(25(30)27-22-11-7-4-8-12-22)28(18-20-13-15-21(26)16-14-20)24(29)17-19-9-5-3-6-10-19/h3,5-6,9-10,13-16,22-23H,2,4,7-8,11-12,17-18H2,1H3,(H,27,30)/t23-/m0/s1. The number of benzene rings is 2. The van der Waals surface area contributed by atoms with E-state index < -0.39 is 6.04 Å². The molecule has 1 fully saturated rings. The van der Waals surface area contributed by atoms with Crippen molar-refractivity contribution in [1.29, 1.82) is 0 Å². The minimum absolute atomic E-state index is 0.0899. The van der Waals surface area contributed by atoms with Gasteiger partial charge in [-0.3, -0.25) is 9.59 Å². The molecule has 3 rings (SSSR count). The van der Waals surface area contributed by atoms with E-state index in [0.717, 1.165) is 36.8 Å². The van der Waals surface area contributed by atoms with E-state index in [4.69, 9.17) is 0 Å². The van der Waals surface area contributed by atoms with Crippen molar-refractivity contribution in [3.05, 3.63) is 71.5 Å². The van der Waals surface area contributed by atoms with Crippen LogP contribution in [0.15, 0.2) is 54.6 Å². The molecule has 30 heavy (non-hydrogen) atoms. The molecule has 1 aliphatic rings. The second kappa shape index (κ2) is 10.9. The molecule has 0 heterocycles. The first kappa shape index (κ1) is 22.0. The fourth-order valence-corrected chi connectivity index (χ4v) is 4.12. The third-order valence-corrected chi connectivity index (χ3v) is 5.80. The normalized spacial score (nSPS) is 15.4. The van der Waals surface area contributed by atoms with Gasteiger partial charge in [0.15, 0.2) is 0 Å². The van der Waals surface area contributed by atoms with Gasteiger partial charge in [-0.15, -0.1) is 0 Å². The predicted octanol–water partition coefficient (Wildman–Crippen LogP) is 4.62. The van der Waals surface area contributed by atoms with E-state index in [-0.39, 0.29) is 36.6 Å². The van der Waals surface area contributed by atoms with Gasteiger partial charge in [-0.1, -0.05) is 68.7 Å². The van der Waals surface area contributed by atoms with Crippen LogP contribution in [0.3, 0.4) is 0 Å². The topological polar surface area (TPSA) is 49.4 Å². The number of hydrogen-bond donors (Lipinski definition) is 1. The zero-order valence-corrected chi connectivity index (χ0v) is 17.6. The number of carbonyl (C=O) groups excluding carboxylic acids is 2. The summed E-state index contributed by atoms with van der Waals surface area (Å²) >= 11 is 0. The quantitative estimate of drug-likeness (QED) is 0.690. The van der Waals surface area contributed by atoms with Gasteiger partial charge >= 0.3 is 0 Å². The first-order chi connectivity index (χ1) is 14.6. The summed E-state index contributed by atoms with van der Waals surface area (Å²) in [4.78, 5) is 28.0. The molecule has 0 saturated heterocycles. The van der Waals surface area contributed by atoms with Crippen molar-refractivity contribution in [1.82, 2.24) is 10.2 Å². The van der Waals surface area contributed by atoms with Gasteiger partial charge in [0, 0.05) is 12.6 Å². The second-order valence-electron chi connectivity index (χ2n) is 8.08. The lowest BCUT2D eigenvalue weighted by Gasteiger charge is -2.33. The Labute approximate surface area is 178 Å². The SMILES string of the molecule is CC[C@@H](C(=O)NC1CCCCC1)N(Cc1ccc(F)cc1)C(=O)Cc1ccccc1. The molecule has 4 nitrogen and oxygen atoms in total. The van der Waals surface area contributed by atoms with Crippen LogP contribution in [0.4, 0.5) is 4.39 Å². The van der Waals surface area contributed by atoms with Gasteiger partial charge in [0.25, 0.3) is 0 Å². The van der Waals surface area contributed by atoms with Crippen molar-refractivity contribution in [2.24, 2.45) is 0 Å². The molecule has 2 amide bonds. The molecular weight excluding hydrogens is 379 g/mol. The van der Waals surface area contributed by atoms with Gasteiger partial charge in [-0.2, -0.15) is 0 Å². The Morgan fingerprint density at radius 3 is 2.30 bits per heavy atom. The Kier molecular flexibility index (Phi) is 8.00. The smallest absolute Gasteiger partial charge is 0.243 e. The van der Waals surface area contributed by atoms with E-state index in [9.17, 15) is 14.0 Å². The molecule has 1 saturated carbocycles. The largest absolute Gasteiger partial charge is 0.352 e. The fraction of sp³-hybridized carbons (Fsp3) is 0.440. The first-order valence-electron chi connectivity index (χ1n) is 10.9. The van der Waals surface area contributed by atoms with Crippen molar-refractivity contribution in [2.45, 2.75) is 70.5 Å². The van der Waals surface area contributed by atoms with Gasteiger partial charge in [0.05, 0.1) is 6.42 Å². The molecule has 0 unspecified atom stereocenters. The molecule has 0 aromatic heterocycles. The molecule has 2 aromatic carbocycles. The average Bonchev–Trinajstić information content (AvgIpc) is 2.76. The molecule has 1 atom stereocenters. The summed E-state index contributed by atoms with van der Waals surface area (Å²) in [7, 11) is 0. The van der Waals surface area contributed by atoms with Crippen LogP contribution in [0.1, 0.15) is 56.6 Å². The van der Waals surface area contributed by atoms with Crippen LogP contribution in [0.5, 0.6) is 0 Å². The maximum absolute atomic E-state index is 13.3. The molecule has 160 valence electrons. The molecule has 1 N–H and O–H groups in total. The summed E-state index contributed by atoms with van der Waals surface area (Å²) in [5.74, 6) is -0.507. The van der Waals surface area contributed by atoms with Crippen LogP contribution in [0.25, 0.3) is 0 Å². The lowest BCUT2D eigenvalue weighted by molar-refractivity contribution is -0.141. The lowest BCUT2D eigenvalue weighted by atomic mass is 9.95. The Morgan fingerprint density at radius 1 is 1.00 bits per heavy atom. The molecule has 0 bridgehead atoms. The number of rotatable bonds is 8. The van der Waals surface area contributed by atoms with Crippen molar-refractivity contribution in [2.75, 3.05) is 0 Å². The van der Waals surface area contributed by atoms with Gasteiger partial charge < -0.3 is 10.2 Å². The zero-order valence-electron chi connectivity index (χ0n) is 17.6.